The molecule has 0 saturated heterocycles. The van der Waals surface area contributed by atoms with Gasteiger partial charge in [-0.2, -0.15) is 0 Å². The highest BCUT2D eigenvalue weighted by molar-refractivity contribution is 5.80. The molecule has 1 atom stereocenters. The van der Waals surface area contributed by atoms with E-state index in [1.165, 1.54) is 0 Å². The second-order valence-electron chi connectivity index (χ2n) is 4.10. The number of hydrogen-bond donors (Lipinski definition) is 1. The van der Waals surface area contributed by atoms with Gasteiger partial charge in [-0.3, -0.25) is 4.79 Å². The lowest BCUT2D eigenvalue weighted by Gasteiger charge is -2.15. The van der Waals surface area contributed by atoms with Gasteiger partial charge in [-0.15, -0.1) is 0 Å². The van der Waals surface area contributed by atoms with Gasteiger partial charge in [0.2, 0.25) is 5.91 Å². The van der Waals surface area contributed by atoms with E-state index in [1.807, 2.05) is 44.2 Å². The molecule has 1 unspecified atom stereocenters. The van der Waals surface area contributed by atoms with Gasteiger partial charge < -0.3 is 10.1 Å². The minimum Gasteiger partial charge on any atom is -0.364 e. The summed E-state index contributed by atoms with van der Waals surface area (Å²) in [5.74, 6) is -0.0640. The van der Waals surface area contributed by atoms with Crippen molar-refractivity contribution in [3.05, 3.63) is 35.9 Å². The highest BCUT2D eigenvalue weighted by atomic mass is 16.5. The van der Waals surface area contributed by atoms with Crippen LogP contribution in [0.15, 0.2) is 30.3 Å². The highest BCUT2D eigenvalue weighted by Crippen LogP contribution is 2.03. The van der Waals surface area contributed by atoms with Crippen LogP contribution in [-0.4, -0.2) is 18.1 Å². The SMILES string of the molecule is CC(C)NC(=O)C(C)OCc1ccccc1. The fraction of sp³-hybridized carbons (Fsp3) is 0.462. The third-order valence-corrected chi connectivity index (χ3v) is 2.14. The molecule has 0 aliphatic rings. The number of carbonyl (C=O) groups is 1. The number of carbonyl (C=O) groups excluding carboxylic acids is 1. The predicted molar refractivity (Wildman–Crippen MR) is 64.0 cm³/mol. The van der Waals surface area contributed by atoms with Crippen LogP contribution >= 0.6 is 0 Å². The zero-order chi connectivity index (χ0) is 12.0. The van der Waals surface area contributed by atoms with Gasteiger partial charge in [-0.25, -0.2) is 0 Å². The molecule has 3 heteroatoms. The lowest BCUT2D eigenvalue weighted by atomic mass is 10.2. The fourth-order valence-corrected chi connectivity index (χ4v) is 1.27. The molecule has 0 radical (unpaired) electrons. The summed E-state index contributed by atoms with van der Waals surface area (Å²) in [5, 5.41) is 2.81. The Labute approximate surface area is 96.8 Å². The molecule has 16 heavy (non-hydrogen) atoms. The Morgan fingerprint density at radius 3 is 2.44 bits per heavy atom. The molecule has 88 valence electrons. The number of hydrogen-bond acceptors (Lipinski definition) is 2. The summed E-state index contributed by atoms with van der Waals surface area (Å²) < 4.78 is 5.48. The van der Waals surface area contributed by atoms with Crippen LogP contribution in [-0.2, 0) is 16.1 Å². The molecule has 1 N–H and O–H groups in total. The van der Waals surface area contributed by atoms with Crippen LogP contribution in [0.5, 0.6) is 0 Å². The number of amides is 1. The summed E-state index contributed by atoms with van der Waals surface area (Å²) in [6.45, 7) is 6.10. The summed E-state index contributed by atoms with van der Waals surface area (Å²) in [7, 11) is 0. The first kappa shape index (κ1) is 12.7. The largest absolute Gasteiger partial charge is 0.364 e. The molecule has 0 aliphatic carbocycles. The van der Waals surface area contributed by atoms with E-state index in [9.17, 15) is 4.79 Å². The third kappa shape index (κ3) is 4.45. The van der Waals surface area contributed by atoms with Gasteiger partial charge in [0.25, 0.3) is 0 Å². The van der Waals surface area contributed by atoms with E-state index in [2.05, 4.69) is 5.32 Å². The Balaban J connectivity index is 2.35. The molecule has 0 spiro atoms. The number of benzene rings is 1. The summed E-state index contributed by atoms with van der Waals surface area (Å²) in [5.41, 5.74) is 1.08. The monoisotopic (exact) mass is 221 g/mol. The van der Waals surface area contributed by atoms with Crippen LogP contribution in [0.25, 0.3) is 0 Å². The van der Waals surface area contributed by atoms with Gasteiger partial charge in [0.15, 0.2) is 0 Å². The third-order valence-electron chi connectivity index (χ3n) is 2.14. The van der Waals surface area contributed by atoms with E-state index in [0.717, 1.165) is 5.56 Å². The van der Waals surface area contributed by atoms with Crippen LogP contribution in [0.4, 0.5) is 0 Å². The zero-order valence-corrected chi connectivity index (χ0v) is 10.1. The molecule has 0 heterocycles. The quantitative estimate of drug-likeness (QED) is 0.827. The van der Waals surface area contributed by atoms with Gasteiger partial charge in [-0.05, 0) is 26.3 Å². The molecular formula is C13H19NO2. The number of nitrogens with one attached hydrogen (secondary N) is 1. The molecule has 1 aromatic rings. The first-order valence-electron chi connectivity index (χ1n) is 5.55. The molecule has 0 bridgehead atoms. The van der Waals surface area contributed by atoms with Crippen molar-refractivity contribution in [3.63, 3.8) is 0 Å². The Morgan fingerprint density at radius 2 is 1.88 bits per heavy atom. The predicted octanol–water partition coefficient (Wildman–Crippen LogP) is 2.12. The van der Waals surface area contributed by atoms with Crippen molar-refractivity contribution in [1.82, 2.24) is 5.32 Å². The lowest BCUT2D eigenvalue weighted by molar-refractivity contribution is -0.133. The smallest absolute Gasteiger partial charge is 0.249 e. The average molecular weight is 221 g/mol. The maximum absolute atomic E-state index is 11.5. The van der Waals surface area contributed by atoms with Crippen LogP contribution < -0.4 is 5.32 Å². The number of ether oxygens (including phenoxy) is 1. The molecule has 0 aromatic heterocycles. The fourth-order valence-electron chi connectivity index (χ4n) is 1.27. The van der Waals surface area contributed by atoms with Gasteiger partial charge in [-0.1, -0.05) is 30.3 Å². The van der Waals surface area contributed by atoms with E-state index in [4.69, 9.17) is 4.74 Å². The molecule has 0 fully saturated rings. The van der Waals surface area contributed by atoms with Gasteiger partial charge >= 0.3 is 0 Å². The van der Waals surface area contributed by atoms with Crippen molar-refractivity contribution >= 4 is 5.91 Å². The molecule has 1 rings (SSSR count). The average Bonchev–Trinajstić information content (AvgIpc) is 2.26. The van der Waals surface area contributed by atoms with Crippen LogP contribution in [0.3, 0.4) is 0 Å². The van der Waals surface area contributed by atoms with Gasteiger partial charge in [0.05, 0.1) is 6.61 Å². The van der Waals surface area contributed by atoms with E-state index >= 15 is 0 Å². The van der Waals surface area contributed by atoms with Crippen LogP contribution in [0.2, 0.25) is 0 Å². The molecular weight excluding hydrogens is 202 g/mol. The van der Waals surface area contributed by atoms with E-state index < -0.39 is 6.10 Å². The highest BCUT2D eigenvalue weighted by Gasteiger charge is 2.13. The molecule has 0 aliphatic heterocycles. The maximum atomic E-state index is 11.5. The normalized spacial score (nSPS) is 12.5. The van der Waals surface area contributed by atoms with E-state index in [0.29, 0.717) is 6.61 Å². The van der Waals surface area contributed by atoms with Crippen LogP contribution in [0.1, 0.15) is 26.3 Å². The van der Waals surface area contributed by atoms with Crippen molar-refractivity contribution in [2.24, 2.45) is 0 Å². The first-order valence-corrected chi connectivity index (χ1v) is 5.55. The summed E-state index contributed by atoms with van der Waals surface area (Å²) in [6.07, 6.45) is -0.414. The first-order chi connectivity index (χ1) is 7.59. The van der Waals surface area contributed by atoms with Crippen molar-refractivity contribution in [3.8, 4) is 0 Å². The second kappa shape index (κ2) is 6.28. The standard InChI is InChI=1S/C13H19NO2/c1-10(2)14-13(15)11(3)16-9-12-7-5-4-6-8-12/h4-8,10-11H,9H2,1-3H3,(H,14,15). The summed E-state index contributed by atoms with van der Waals surface area (Å²) in [4.78, 5) is 11.5. The van der Waals surface area contributed by atoms with Crippen molar-refractivity contribution < 1.29 is 9.53 Å². The Bertz CT molecular complexity index is 322. The van der Waals surface area contributed by atoms with Crippen molar-refractivity contribution in [1.29, 1.82) is 0 Å². The molecule has 1 amide bonds. The minimum atomic E-state index is -0.414. The topological polar surface area (TPSA) is 38.3 Å². The van der Waals surface area contributed by atoms with E-state index in [1.54, 1.807) is 6.92 Å². The van der Waals surface area contributed by atoms with Gasteiger partial charge in [0.1, 0.15) is 6.10 Å². The molecule has 0 saturated carbocycles. The van der Waals surface area contributed by atoms with E-state index in [-0.39, 0.29) is 11.9 Å². The minimum absolute atomic E-state index is 0.0640. The zero-order valence-electron chi connectivity index (χ0n) is 10.1. The number of rotatable bonds is 5. The lowest BCUT2D eigenvalue weighted by Crippen LogP contribution is -2.38. The summed E-state index contributed by atoms with van der Waals surface area (Å²) in [6, 6.07) is 9.98. The maximum Gasteiger partial charge on any atom is 0.249 e. The van der Waals surface area contributed by atoms with Gasteiger partial charge in [0, 0.05) is 6.04 Å². The van der Waals surface area contributed by atoms with Crippen LogP contribution in [0, 0.1) is 0 Å². The van der Waals surface area contributed by atoms with Crippen molar-refractivity contribution in [2.45, 2.75) is 39.5 Å². The second-order valence-corrected chi connectivity index (χ2v) is 4.10. The van der Waals surface area contributed by atoms with Crippen molar-refractivity contribution in [2.75, 3.05) is 0 Å². The molecule has 3 nitrogen and oxygen atoms in total. The molecule has 1 aromatic carbocycles. The Kier molecular flexibility index (Phi) is 4.99. The Hall–Kier alpha value is -1.35. The summed E-state index contributed by atoms with van der Waals surface area (Å²) >= 11 is 0. The Morgan fingerprint density at radius 1 is 1.25 bits per heavy atom.